The second-order valence-electron chi connectivity index (χ2n) is 15.9. The normalized spacial score (nSPS) is 18.8. The number of aliphatic hydroxyl groups is 1. The van der Waals surface area contributed by atoms with Gasteiger partial charge in [0.25, 0.3) is 17.7 Å². The lowest BCUT2D eigenvalue weighted by molar-refractivity contribution is -0.173. The summed E-state index contributed by atoms with van der Waals surface area (Å²) in [5.74, 6) is -3.30. The first kappa shape index (κ1) is 44.8. The number of unbranched alkanes of at least 4 members (excludes halogenated alkanes) is 1. The zero-order chi connectivity index (χ0) is 46.0. The Bertz CT molecular complexity index is 2740. The van der Waals surface area contributed by atoms with Crippen LogP contribution in [0.1, 0.15) is 99.1 Å². The molecule has 0 radical (unpaired) electrons. The summed E-state index contributed by atoms with van der Waals surface area (Å²) >= 11 is 7.86. The van der Waals surface area contributed by atoms with E-state index in [2.05, 4.69) is 40.0 Å². The molecule has 1 fully saturated rings. The van der Waals surface area contributed by atoms with E-state index in [9.17, 15) is 33.9 Å². The Balaban J connectivity index is 0.849. The summed E-state index contributed by atoms with van der Waals surface area (Å²) in [5, 5.41) is 29.7. The van der Waals surface area contributed by atoms with Crippen molar-refractivity contribution in [2.24, 2.45) is 4.99 Å². The number of aliphatic hydroxyl groups excluding tert-OH is 1. The first-order valence-electron chi connectivity index (χ1n) is 21.0. The van der Waals surface area contributed by atoms with E-state index in [4.69, 9.17) is 26.1 Å². The number of benzene rings is 3. The Kier molecular flexibility index (Phi) is 12.9. The molecule has 17 nitrogen and oxygen atoms in total. The number of esters is 1. The van der Waals surface area contributed by atoms with Crippen LogP contribution in [0.4, 0.5) is 0 Å². The number of nitrogens with one attached hydrogen (secondary N) is 3. The highest BCUT2D eigenvalue weighted by Crippen LogP contribution is 2.44. The number of thiophene rings is 1. The van der Waals surface area contributed by atoms with Crippen LogP contribution in [0, 0.1) is 20.8 Å². The summed E-state index contributed by atoms with van der Waals surface area (Å²) in [5.41, 5.74) is 1.83. The molecule has 1 unspecified atom stereocenters. The van der Waals surface area contributed by atoms with E-state index in [0.29, 0.717) is 41.6 Å². The smallest absolute Gasteiger partial charge is 0.342 e. The summed E-state index contributed by atoms with van der Waals surface area (Å²) in [6.45, 7) is 5.89. The number of rotatable bonds is 15. The lowest BCUT2D eigenvalue weighted by Crippen LogP contribution is -2.68. The average Bonchev–Trinajstić information content (AvgIpc) is 3.87. The lowest BCUT2D eigenvalue weighted by atomic mass is 9.86. The van der Waals surface area contributed by atoms with Gasteiger partial charge in [-0.2, -0.15) is 0 Å². The molecule has 19 heteroatoms. The van der Waals surface area contributed by atoms with Gasteiger partial charge in [-0.1, -0.05) is 66.2 Å². The number of hydrogen-bond acceptors (Lipinski definition) is 13. The van der Waals surface area contributed by atoms with Gasteiger partial charge in [0, 0.05) is 46.1 Å². The van der Waals surface area contributed by atoms with E-state index in [1.165, 1.54) is 18.2 Å². The fourth-order valence-corrected chi connectivity index (χ4v) is 9.55. The molecule has 336 valence electrons. The number of aromatic nitrogens is 3. The summed E-state index contributed by atoms with van der Waals surface area (Å²) < 4.78 is 13.3. The van der Waals surface area contributed by atoms with Gasteiger partial charge < -0.3 is 25.2 Å². The molecule has 0 bridgehead atoms. The van der Waals surface area contributed by atoms with Gasteiger partial charge in [0.15, 0.2) is 18.7 Å². The third-order valence-electron chi connectivity index (χ3n) is 11.7. The van der Waals surface area contributed by atoms with Crippen molar-refractivity contribution >= 4 is 64.2 Å². The van der Waals surface area contributed by atoms with Crippen LogP contribution in [-0.2, 0) is 35.3 Å². The maximum Gasteiger partial charge on any atom is 0.342 e. The van der Waals surface area contributed by atoms with Crippen molar-refractivity contribution in [2.75, 3.05) is 19.7 Å². The third-order valence-corrected chi connectivity index (χ3v) is 13.1. The number of nitrogens with zero attached hydrogens (tertiary/aromatic N) is 5. The van der Waals surface area contributed by atoms with E-state index < -0.39 is 60.4 Å². The van der Waals surface area contributed by atoms with Crippen molar-refractivity contribution in [3.63, 3.8) is 0 Å². The number of amides is 5. The molecule has 3 aromatic carbocycles. The molecular formula is C46H45ClN8O9S. The van der Waals surface area contributed by atoms with Crippen LogP contribution in [-0.4, -0.2) is 91.2 Å². The van der Waals surface area contributed by atoms with Crippen molar-refractivity contribution in [2.45, 2.75) is 77.3 Å². The molecule has 0 spiro atoms. The summed E-state index contributed by atoms with van der Waals surface area (Å²) in [6.07, 6.45) is -1.40. The van der Waals surface area contributed by atoms with Gasteiger partial charge in [0.1, 0.15) is 29.2 Å². The Morgan fingerprint density at radius 3 is 2.37 bits per heavy atom. The fraction of sp³-hybridized carbons (Fsp3) is 0.326. The molecule has 0 aliphatic carbocycles. The first-order chi connectivity index (χ1) is 31.3. The number of hydrogen-bond donors (Lipinski definition) is 4. The van der Waals surface area contributed by atoms with Crippen molar-refractivity contribution in [3.8, 4) is 10.8 Å². The van der Waals surface area contributed by atoms with E-state index in [0.717, 1.165) is 37.2 Å². The minimum absolute atomic E-state index is 0.0307. The first-order valence-corrected chi connectivity index (χ1v) is 22.2. The van der Waals surface area contributed by atoms with Crippen LogP contribution < -0.4 is 20.7 Å². The predicted molar refractivity (Wildman–Crippen MR) is 238 cm³/mol. The number of aliphatic imine (C=N–C) groups is 1. The van der Waals surface area contributed by atoms with Gasteiger partial charge in [0.2, 0.25) is 17.4 Å². The molecule has 5 amide bonds. The SMILES string of the molecule is Cc1sc2c(c1C)C(c1ccc(Cl)cc1)=N[C@@H](CC(=O)NCCCCNC(=O)COc1cccc3c1C(=O)N([C@]1(C(=O)OCc4ccccc4)CCC(=O)NC1=O)C3O)c1nnc(C)n1-2. The zero-order valence-corrected chi connectivity index (χ0v) is 37.3. The zero-order valence-electron chi connectivity index (χ0n) is 35.7. The Labute approximate surface area is 382 Å². The minimum Gasteiger partial charge on any atom is -0.483 e. The quantitative estimate of drug-likeness (QED) is 0.0490. The monoisotopic (exact) mass is 920 g/mol. The van der Waals surface area contributed by atoms with Crippen molar-refractivity contribution in [3.05, 3.63) is 128 Å². The Morgan fingerprint density at radius 1 is 0.923 bits per heavy atom. The molecule has 3 aliphatic heterocycles. The van der Waals surface area contributed by atoms with Crippen molar-refractivity contribution < 1.29 is 43.3 Å². The molecule has 3 aliphatic rings. The van der Waals surface area contributed by atoms with Crippen LogP contribution in [0.15, 0.2) is 77.8 Å². The maximum absolute atomic E-state index is 14.1. The average molecular weight is 921 g/mol. The molecule has 2 aromatic heterocycles. The largest absolute Gasteiger partial charge is 0.483 e. The van der Waals surface area contributed by atoms with Crippen LogP contribution in [0.5, 0.6) is 5.75 Å². The molecule has 5 heterocycles. The summed E-state index contributed by atoms with van der Waals surface area (Å²) in [7, 11) is 0. The van der Waals surface area contributed by atoms with Gasteiger partial charge in [-0.25, -0.2) is 4.79 Å². The maximum atomic E-state index is 14.1. The number of fused-ring (bicyclic) bond motifs is 4. The van der Waals surface area contributed by atoms with E-state index in [-0.39, 0.29) is 48.8 Å². The van der Waals surface area contributed by atoms with Crippen LogP contribution in [0.3, 0.4) is 0 Å². The number of ether oxygens (including phenoxy) is 2. The van der Waals surface area contributed by atoms with Crippen LogP contribution in [0.2, 0.25) is 5.02 Å². The number of aryl methyl sites for hydroxylation is 2. The second-order valence-corrected chi connectivity index (χ2v) is 17.5. The predicted octanol–water partition coefficient (Wildman–Crippen LogP) is 4.65. The van der Waals surface area contributed by atoms with Gasteiger partial charge in [-0.15, -0.1) is 21.5 Å². The molecule has 5 aromatic rings. The summed E-state index contributed by atoms with van der Waals surface area (Å²) in [6, 6.07) is 19.9. The van der Waals surface area contributed by atoms with Crippen molar-refractivity contribution in [1.29, 1.82) is 0 Å². The number of piperidine rings is 1. The molecule has 0 saturated carbocycles. The van der Waals surface area contributed by atoms with Crippen molar-refractivity contribution in [1.82, 2.24) is 35.6 Å². The van der Waals surface area contributed by atoms with Gasteiger partial charge in [-0.05, 0) is 69.4 Å². The van der Waals surface area contributed by atoms with Crippen LogP contribution in [0.25, 0.3) is 5.00 Å². The molecule has 3 atom stereocenters. The highest BCUT2D eigenvalue weighted by Gasteiger charge is 2.61. The van der Waals surface area contributed by atoms with Crippen LogP contribution >= 0.6 is 22.9 Å². The highest BCUT2D eigenvalue weighted by molar-refractivity contribution is 7.15. The number of carbonyl (C=O) groups is 6. The number of imide groups is 1. The van der Waals surface area contributed by atoms with Gasteiger partial charge >= 0.3 is 5.97 Å². The molecule has 8 rings (SSSR count). The highest BCUT2D eigenvalue weighted by atomic mass is 35.5. The topological polar surface area (TPSA) is 224 Å². The third kappa shape index (κ3) is 8.76. The fourth-order valence-electron chi connectivity index (χ4n) is 8.21. The van der Waals surface area contributed by atoms with E-state index >= 15 is 0 Å². The number of carbonyl (C=O) groups excluding carboxylic acids is 6. The molecule has 4 N–H and O–H groups in total. The molecule has 65 heavy (non-hydrogen) atoms. The molecule has 1 saturated heterocycles. The Morgan fingerprint density at radius 2 is 1.65 bits per heavy atom. The van der Waals surface area contributed by atoms with E-state index in [1.807, 2.05) is 35.8 Å². The lowest BCUT2D eigenvalue weighted by Gasteiger charge is -2.41. The van der Waals surface area contributed by atoms with E-state index in [1.54, 1.807) is 41.7 Å². The summed E-state index contributed by atoms with van der Waals surface area (Å²) in [4.78, 5) is 86.8. The second kappa shape index (κ2) is 18.8. The number of halogens is 1. The Hall–Kier alpha value is -6.76. The standard InChI is InChI=1S/C46H45ClN8O9S/c1-25-26(2)65-43-37(25)39(29-14-16-30(47)17-15-29)50-32(40-53-52-27(3)54(40)43)22-35(57)48-20-7-8-21-49-36(58)24-63-33-13-9-12-31-38(33)42(60)55(41(31)59)46(19-18-34(56)51-44(46)61)45(62)64-23-28-10-5-4-6-11-28/h4-6,9-17,32,41,59H,7-8,18-24H2,1-3H3,(H,48,57)(H,49,58)(H,51,56,61)/t32-,41?,46+/m0/s1. The van der Waals surface area contributed by atoms with Gasteiger partial charge in [-0.3, -0.25) is 43.7 Å². The van der Waals surface area contributed by atoms with Gasteiger partial charge in [0.05, 0.1) is 17.7 Å². The molecular weight excluding hydrogens is 876 g/mol. The minimum atomic E-state index is -2.37.